The molecule has 0 aliphatic carbocycles. The summed E-state index contributed by atoms with van der Waals surface area (Å²) in [4.78, 5) is 11.7. The molecule has 1 rings (SSSR count). The summed E-state index contributed by atoms with van der Waals surface area (Å²) in [5.74, 6) is -0.673. The van der Waals surface area contributed by atoms with Crippen molar-refractivity contribution in [2.24, 2.45) is 0 Å². The van der Waals surface area contributed by atoms with Gasteiger partial charge in [-0.2, -0.15) is 0 Å². The van der Waals surface area contributed by atoms with E-state index in [1.165, 1.54) is 12.1 Å². The first-order valence-electron chi connectivity index (χ1n) is 5.93. The number of ether oxygens (including phenoxy) is 1. The van der Waals surface area contributed by atoms with E-state index >= 15 is 0 Å². The number of carbonyl (C=O) groups is 1. The number of nitrogens with two attached hydrogens (primary N) is 1. The molecule has 108 valence electrons. The zero-order valence-corrected chi connectivity index (χ0v) is 13.7. The van der Waals surface area contributed by atoms with E-state index < -0.39 is 5.97 Å². The molecular formula is C13H21IN2O3. The molecule has 0 spiro atoms. The molecule has 1 aromatic rings. The number of phenols is 1. The lowest BCUT2D eigenvalue weighted by molar-refractivity contribution is -0.888. The number of rotatable bonds is 5. The Balaban J connectivity index is 0.00000324. The maximum absolute atomic E-state index is 11.7. The van der Waals surface area contributed by atoms with Crippen LogP contribution in [-0.4, -0.2) is 49.4 Å². The Morgan fingerprint density at radius 1 is 1.42 bits per heavy atom. The molecule has 0 atom stereocenters. The highest BCUT2D eigenvalue weighted by atomic mass is 127. The van der Waals surface area contributed by atoms with Crippen molar-refractivity contribution in [3.8, 4) is 5.75 Å². The summed E-state index contributed by atoms with van der Waals surface area (Å²) < 4.78 is 5.91. The van der Waals surface area contributed by atoms with Crippen molar-refractivity contribution in [2.45, 2.75) is 6.92 Å². The van der Waals surface area contributed by atoms with Crippen molar-refractivity contribution >= 4 is 11.7 Å². The molecule has 0 unspecified atom stereocenters. The van der Waals surface area contributed by atoms with Gasteiger partial charge in [-0.1, -0.05) is 0 Å². The number of quaternary nitrogens is 1. The Morgan fingerprint density at radius 2 is 2.05 bits per heavy atom. The summed E-state index contributed by atoms with van der Waals surface area (Å²) in [5, 5.41) is 9.58. The first-order chi connectivity index (χ1) is 8.35. The number of aromatic hydroxyl groups is 1. The van der Waals surface area contributed by atoms with Crippen molar-refractivity contribution in [1.82, 2.24) is 0 Å². The number of nitrogen functional groups attached to an aromatic ring is 1. The van der Waals surface area contributed by atoms with E-state index in [1.54, 1.807) is 6.07 Å². The zero-order valence-electron chi connectivity index (χ0n) is 11.5. The van der Waals surface area contributed by atoms with Crippen molar-refractivity contribution in [2.75, 3.05) is 39.5 Å². The molecule has 0 amide bonds. The second-order valence-corrected chi connectivity index (χ2v) is 4.89. The molecule has 19 heavy (non-hydrogen) atoms. The van der Waals surface area contributed by atoms with Crippen LogP contribution in [0.15, 0.2) is 18.2 Å². The highest BCUT2D eigenvalue weighted by Crippen LogP contribution is 2.20. The van der Waals surface area contributed by atoms with E-state index in [1.807, 2.05) is 0 Å². The third-order valence-corrected chi connectivity index (χ3v) is 3.03. The van der Waals surface area contributed by atoms with Gasteiger partial charge in [0.15, 0.2) is 0 Å². The Hall–Kier alpha value is -1.02. The SMILES string of the molecule is CC[N+](C)(C)CCOC(=O)c1ccc(N)cc1O.[I-]. The van der Waals surface area contributed by atoms with E-state index in [-0.39, 0.29) is 35.3 Å². The fourth-order valence-electron chi connectivity index (χ4n) is 1.34. The molecule has 5 nitrogen and oxygen atoms in total. The average Bonchev–Trinajstić information content (AvgIpc) is 2.28. The number of carbonyl (C=O) groups excluding carboxylic acids is 1. The van der Waals surface area contributed by atoms with Crippen molar-refractivity contribution < 1.29 is 43.1 Å². The Morgan fingerprint density at radius 3 is 2.58 bits per heavy atom. The lowest BCUT2D eigenvalue weighted by Crippen LogP contribution is -3.00. The molecule has 0 saturated heterocycles. The Bertz CT molecular complexity index is 436. The third-order valence-electron chi connectivity index (χ3n) is 3.03. The minimum atomic E-state index is -0.524. The lowest BCUT2D eigenvalue weighted by atomic mass is 10.2. The molecule has 0 aromatic heterocycles. The monoisotopic (exact) mass is 380 g/mol. The Labute approximate surface area is 131 Å². The van der Waals surface area contributed by atoms with Gasteiger partial charge in [-0.05, 0) is 19.1 Å². The highest BCUT2D eigenvalue weighted by Gasteiger charge is 2.16. The number of esters is 1. The maximum atomic E-state index is 11.7. The van der Waals surface area contributed by atoms with Gasteiger partial charge in [0.2, 0.25) is 0 Å². The van der Waals surface area contributed by atoms with E-state index in [0.29, 0.717) is 12.3 Å². The van der Waals surface area contributed by atoms with Crippen LogP contribution in [-0.2, 0) is 4.74 Å². The minimum absolute atomic E-state index is 0. The van der Waals surface area contributed by atoms with Crippen LogP contribution in [0.5, 0.6) is 5.75 Å². The maximum Gasteiger partial charge on any atom is 0.342 e. The minimum Gasteiger partial charge on any atom is -1.00 e. The third kappa shape index (κ3) is 5.65. The first kappa shape index (κ1) is 18.0. The molecule has 3 N–H and O–H groups in total. The molecule has 0 heterocycles. The molecular weight excluding hydrogens is 359 g/mol. The lowest BCUT2D eigenvalue weighted by Gasteiger charge is -2.27. The summed E-state index contributed by atoms with van der Waals surface area (Å²) in [6, 6.07) is 4.36. The van der Waals surface area contributed by atoms with Crippen LogP contribution in [0.2, 0.25) is 0 Å². The fraction of sp³-hybridized carbons (Fsp3) is 0.462. The number of phenolic OH excluding ortho intramolecular Hbond substituents is 1. The van der Waals surface area contributed by atoms with E-state index in [4.69, 9.17) is 10.5 Å². The number of hydrogen-bond donors (Lipinski definition) is 2. The number of anilines is 1. The molecule has 0 aliphatic rings. The van der Waals surface area contributed by atoms with E-state index in [2.05, 4.69) is 21.0 Å². The summed E-state index contributed by atoms with van der Waals surface area (Å²) in [6.45, 7) is 4.10. The van der Waals surface area contributed by atoms with E-state index in [0.717, 1.165) is 17.6 Å². The zero-order chi connectivity index (χ0) is 13.8. The van der Waals surface area contributed by atoms with Gasteiger partial charge in [0, 0.05) is 11.8 Å². The van der Waals surface area contributed by atoms with Crippen LogP contribution < -0.4 is 29.7 Å². The van der Waals surface area contributed by atoms with Gasteiger partial charge in [-0.25, -0.2) is 4.79 Å². The molecule has 0 bridgehead atoms. The number of halogens is 1. The fourth-order valence-corrected chi connectivity index (χ4v) is 1.34. The largest absolute Gasteiger partial charge is 1.00 e. The number of hydrogen-bond acceptors (Lipinski definition) is 4. The van der Waals surface area contributed by atoms with E-state index in [9.17, 15) is 9.90 Å². The van der Waals surface area contributed by atoms with Gasteiger partial charge in [0.25, 0.3) is 0 Å². The summed E-state index contributed by atoms with van der Waals surface area (Å²) >= 11 is 0. The average molecular weight is 380 g/mol. The van der Waals surface area contributed by atoms with Crippen LogP contribution >= 0.6 is 0 Å². The van der Waals surface area contributed by atoms with Crippen LogP contribution in [0.3, 0.4) is 0 Å². The normalized spacial score (nSPS) is 10.7. The topological polar surface area (TPSA) is 72.5 Å². The second kappa shape index (κ2) is 7.54. The second-order valence-electron chi connectivity index (χ2n) is 4.89. The summed E-state index contributed by atoms with van der Waals surface area (Å²) in [7, 11) is 4.13. The van der Waals surface area contributed by atoms with Gasteiger partial charge in [-0.15, -0.1) is 0 Å². The van der Waals surface area contributed by atoms with Gasteiger partial charge in [-0.3, -0.25) is 0 Å². The molecule has 6 heteroatoms. The van der Waals surface area contributed by atoms with Gasteiger partial charge in [0.05, 0.1) is 20.6 Å². The smallest absolute Gasteiger partial charge is 0.342 e. The standard InChI is InChI=1S/C13H20N2O3.HI/c1-4-15(2,3)7-8-18-13(17)11-6-5-10(14)9-12(11)16;/h5-6,9H,4,7-8H2,1-3H3,(H2-,14,16,17);1H. The first-order valence-corrected chi connectivity index (χ1v) is 5.93. The highest BCUT2D eigenvalue weighted by molar-refractivity contribution is 5.92. The number of likely N-dealkylation sites (N-methyl/N-ethyl adjacent to an activating group) is 1. The van der Waals surface area contributed by atoms with Crippen molar-refractivity contribution in [3.05, 3.63) is 23.8 Å². The number of nitrogens with zero attached hydrogens (tertiary/aromatic N) is 1. The quantitative estimate of drug-likeness (QED) is 0.275. The van der Waals surface area contributed by atoms with Crippen molar-refractivity contribution in [1.29, 1.82) is 0 Å². The molecule has 0 radical (unpaired) electrons. The number of benzene rings is 1. The summed E-state index contributed by atoms with van der Waals surface area (Å²) in [5.41, 5.74) is 6.04. The molecule has 0 saturated carbocycles. The van der Waals surface area contributed by atoms with Crippen molar-refractivity contribution in [3.63, 3.8) is 0 Å². The molecule has 1 aromatic carbocycles. The van der Waals surface area contributed by atoms with Crippen LogP contribution in [0.25, 0.3) is 0 Å². The van der Waals surface area contributed by atoms with Crippen LogP contribution in [0, 0.1) is 0 Å². The summed E-state index contributed by atoms with van der Waals surface area (Å²) in [6.07, 6.45) is 0. The molecule has 0 aliphatic heterocycles. The van der Waals surface area contributed by atoms with Crippen LogP contribution in [0.1, 0.15) is 17.3 Å². The predicted molar refractivity (Wildman–Crippen MR) is 70.3 cm³/mol. The van der Waals surface area contributed by atoms with Crippen LogP contribution in [0.4, 0.5) is 5.69 Å². The predicted octanol–water partition coefficient (Wildman–Crippen LogP) is -1.77. The van der Waals surface area contributed by atoms with Gasteiger partial charge >= 0.3 is 5.97 Å². The Kier molecular flexibility index (Phi) is 7.14. The van der Waals surface area contributed by atoms with Gasteiger partial charge in [0.1, 0.15) is 24.5 Å². The molecule has 0 fully saturated rings. The van der Waals surface area contributed by atoms with Gasteiger partial charge < -0.3 is 44.0 Å².